The van der Waals surface area contributed by atoms with Gasteiger partial charge in [0.1, 0.15) is 12.2 Å². The molecule has 0 radical (unpaired) electrons. The first kappa shape index (κ1) is 18.9. The lowest BCUT2D eigenvalue weighted by molar-refractivity contribution is -0.116. The zero-order valence-electron chi connectivity index (χ0n) is 15.9. The monoisotopic (exact) mass is 369 g/mol. The summed E-state index contributed by atoms with van der Waals surface area (Å²) in [5.74, 6) is 1.87. The number of aryl methyl sites for hydroxylation is 1. The number of rotatable bonds is 7. The fraction of sp³-hybridized carbons (Fsp3) is 0.474. The minimum atomic E-state index is 0.0477. The summed E-state index contributed by atoms with van der Waals surface area (Å²) in [4.78, 5) is 16.7. The number of fused-ring (bicyclic) bond motifs is 1. The maximum absolute atomic E-state index is 12.0. The van der Waals surface area contributed by atoms with Crippen LogP contribution in [0.5, 0.6) is 0 Å². The van der Waals surface area contributed by atoms with Crippen molar-refractivity contribution in [2.45, 2.75) is 39.2 Å². The summed E-state index contributed by atoms with van der Waals surface area (Å²) >= 11 is 0. The molecule has 0 saturated heterocycles. The molecule has 27 heavy (non-hydrogen) atoms. The van der Waals surface area contributed by atoms with E-state index in [1.807, 2.05) is 29.7 Å². The van der Waals surface area contributed by atoms with Crippen LogP contribution in [0.2, 0.25) is 0 Å². The number of carbonyl (C=O) groups excluding carboxylic acids is 1. The molecule has 0 saturated carbocycles. The maximum atomic E-state index is 12.0. The van der Waals surface area contributed by atoms with E-state index in [1.54, 1.807) is 6.33 Å². The number of anilines is 1. The van der Waals surface area contributed by atoms with Gasteiger partial charge in [-0.1, -0.05) is 25.1 Å². The third kappa shape index (κ3) is 4.84. The molecule has 2 heterocycles. The lowest BCUT2D eigenvalue weighted by Crippen LogP contribution is -2.39. The third-order valence-corrected chi connectivity index (χ3v) is 4.58. The van der Waals surface area contributed by atoms with Crippen LogP contribution in [0.25, 0.3) is 0 Å². The van der Waals surface area contributed by atoms with Crippen molar-refractivity contribution in [1.29, 1.82) is 0 Å². The molecule has 0 aliphatic carbocycles. The van der Waals surface area contributed by atoms with Crippen molar-refractivity contribution < 1.29 is 4.79 Å². The lowest BCUT2D eigenvalue weighted by Gasteiger charge is -2.24. The van der Waals surface area contributed by atoms with Crippen LogP contribution in [0.1, 0.15) is 37.6 Å². The van der Waals surface area contributed by atoms with Crippen molar-refractivity contribution in [2.75, 3.05) is 25.0 Å². The van der Waals surface area contributed by atoms with Gasteiger partial charge in [-0.15, -0.1) is 10.2 Å². The summed E-state index contributed by atoms with van der Waals surface area (Å²) < 4.78 is 2.04. The molecule has 1 unspecified atom stereocenters. The number of carbonyl (C=O) groups is 1. The molecule has 1 aliphatic heterocycles. The largest absolute Gasteiger partial charge is 0.357 e. The van der Waals surface area contributed by atoms with Crippen LogP contribution in [-0.2, 0) is 17.8 Å². The molecule has 3 N–H and O–H groups in total. The molecule has 144 valence electrons. The first-order valence-electron chi connectivity index (χ1n) is 9.48. The number of guanidine groups is 1. The first-order chi connectivity index (χ1) is 13.2. The molecular weight excluding hydrogens is 342 g/mol. The predicted octanol–water partition coefficient (Wildman–Crippen LogP) is 1.52. The van der Waals surface area contributed by atoms with Crippen LogP contribution < -0.4 is 16.0 Å². The van der Waals surface area contributed by atoms with Crippen LogP contribution in [-0.4, -0.2) is 46.3 Å². The van der Waals surface area contributed by atoms with E-state index in [-0.39, 0.29) is 11.8 Å². The average Bonchev–Trinajstić information content (AvgIpc) is 3.13. The number of hydrogen-bond acceptors (Lipinski definition) is 4. The number of hydrogen-bond donors (Lipinski definition) is 3. The van der Waals surface area contributed by atoms with E-state index in [0.717, 1.165) is 49.1 Å². The zero-order valence-corrected chi connectivity index (χ0v) is 15.9. The molecule has 1 aromatic heterocycles. The fourth-order valence-corrected chi connectivity index (χ4v) is 3.24. The van der Waals surface area contributed by atoms with E-state index < -0.39 is 0 Å². The summed E-state index contributed by atoms with van der Waals surface area (Å²) in [5.41, 5.74) is 2.04. The molecule has 0 spiro atoms. The Kier molecular flexibility index (Phi) is 6.40. The molecule has 2 aromatic rings. The van der Waals surface area contributed by atoms with Crippen molar-refractivity contribution in [3.8, 4) is 0 Å². The molecule has 8 heteroatoms. The van der Waals surface area contributed by atoms with E-state index in [4.69, 9.17) is 4.99 Å². The highest BCUT2D eigenvalue weighted by molar-refractivity contribution is 5.94. The summed E-state index contributed by atoms with van der Waals surface area (Å²) in [6.45, 7) is 6.94. The smallest absolute Gasteiger partial charge is 0.225 e. The van der Waals surface area contributed by atoms with E-state index in [1.165, 1.54) is 0 Å². The van der Waals surface area contributed by atoms with Crippen LogP contribution >= 0.6 is 0 Å². The van der Waals surface area contributed by atoms with Gasteiger partial charge in [0.05, 0.1) is 6.54 Å². The van der Waals surface area contributed by atoms with Crippen LogP contribution in [0.15, 0.2) is 35.6 Å². The Morgan fingerprint density at radius 3 is 3.00 bits per heavy atom. The number of aromatic nitrogens is 3. The second-order valence-corrected chi connectivity index (χ2v) is 6.48. The van der Waals surface area contributed by atoms with Crippen LogP contribution in [0.3, 0.4) is 0 Å². The second-order valence-electron chi connectivity index (χ2n) is 6.48. The van der Waals surface area contributed by atoms with Crippen molar-refractivity contribution in [3.05, 3.63) is 42.0 Å². The van der Waals surface area contributed by atoms with Gasteiger partial charge in [0, 0.05) is 44.1 Å². The molecular formula is C19H27N7O. The Hall–Kier alpha value is -2.90. The lowest BCUT2D eigenvalue weighted by atomic mass is 9.91. The minimum Gasteiger partial charge on any atom is -0.357 e. The predicted molar refractivity (Wildman–Crippen MR) is 106 cm³/mol. The fourth-order valence-electron chi connectivity index (χ4n) is 3.24. The number of nitrogens with zero attached hydrogens (tertiary/aromatic N) is 4. The third-order valence-electron chi connectivity index (χ3n) is 4.58. The molecule has 0 bridgehead atoms. The van der Waals surface area contributed by atoms with E-state index in [0.29, 0.717) is 13.0 Å². The number of benzene rings is 1. The number of amides is 1. The molecule has 1 aromatic carbocycles. The number of para-hydroxylation sites is 1. The summed E-state index contributed by atoms with van der Waals surface area (Å²) in [6, 6.07) is 7.94. The van der Waals surface area contributed by atoms with Crippen LogP contribution in [0, 0.1) is 0 Å². The highest BCUT2D eigenvalue weighted by Crippen LogP contribution is 2.31. The Bertz CT molecular complexity index is 799. The van der Waals surface area contributed by atoms with Gasteiger partial charge >= 0.3 is 0 Å². The van der Waals surface area contributed by atoms with Gasteiger partial charge in [-0.25, -0.2) is 0 Å². The highest BCUT2D eigenvalue weighted by Gasteiger charge is 2.24. The van der Waals surface area contributed by atoms with Crippen molar-refractivity contribution >= 4 is 17.6 Å². The van der Waals surface area contributed by atoms with Crippen molar-refractivity contribution in [1.82, 2.24) is 25.4 Å². The molecule has 8 nitrogen and oxygen atoms in total. The summed E-state index contributed by atoms with van der Waals surface area (Å²) in [6.07, 6.45) is 3.07. The van der Waals surface area contributed by atoms with Gasteiger partial charge in [0.2, 0.25) is 5.91 Å². The summed E-state index contributed by atoms with van der Waals surface area (Å²) in [7, 11) is 0. The van der Waals surface area contributed by atoms with E-state index >= 15 is 0 Å². The molecule has 1 amide bonds. The normalized spacial score (nSPS) is 16.6. The number of nitrogens with one attached hydrogen (secondary N) is 3. The van der Waals surface area contributed by atoms with Gasteiger partial charge in [-0.05, 0) is 18.6 Å². The second kappa shape index (κ2) is 9.16. The topological polar surface area (TPSA) is 96.2 Å². The molecule has 3 rings (SSSR count). The van der Waals surface area contributed by atoms with Crippen molar-refractivity contribution in [2.24, 2.45) is 4.99 Å². The Balaban J connectivity index is 1.61. The van der Waals surface area contributed by atoms with E-state index in [2.05, 4.69) is 39.1 Å². The Morgan fingerprint density at radius 2 is 2.19 bits per heavy atom. The average molecular weight is 369 g/mol. The zero-order chi connectivity index (χ0) is 19.1. The van der Waals surface area contributed by atoms with E-state index in [9.17, 15) is 4.79 Å². The Morgan fingerprint density at radius 1 is 1.33 bits per heavy atom. The van der Waals surface area contributed by atoms with Gasteiger partial charge in [-0.3, -0.25) is 9.79 Å². The first-order valence-corrected chi connectivity index (χ1v) is 9.48. The molecule has 0 fully saturated rings. The van der Waals surface area contributed by atoms with Gasteiger partial charge < -0.3 is 20.5 Å². The quantitative estimate of drug-likeness (QED) is 0.508. The Labute approximate surface area is 159 Å². The highest BCUT2D eigenvalue weighted by atomic mass is 16.1. The molecule has 1 aliphatic rings. The van der Waals surface area contributed by atoms with Gasteiger partial charge in [-0.2, -0.15) is 0 Å². The molecule has 1 atom stereocenters. The SMILES string of the molecule is CCNC(=NCC1CC(=O)Nc2ccccc21)NCCn1cnnc1CC. The number of aliphatic imine (C=N–C) groups is 1. The standard InChI is InChI=1S/C19H27N7O/c1-3-17-25-23-13-26(17)10-9-21-19(20-4-2)22-12-14-11-18(27)24-16-8-6-5-7-15(14)16/h5-8,13-14H,3-4,9-12H2,1-2H3,(H,24,27)(H2,20,21,22). The van der Waals surface area contributed by atoms with Gasteiger partial charge in [0.15, 0.2) is 5.96 Å². The minimum absolute atomic E-state index is 0.0477. The van der Waals surface area contributed by atoms with Crippen LogP contribution in [0.4, 0.5) is 5.69 Å². The van der Waals surface area contributed by atoms with Gasteiger partial charge in [0.25, 0.3) is 0 Å². The maximum Gasteiger partial charge on any atom is 0.225 e. The summed E-state index contributed by atoms with van der Waals surface area (Å²) in [5, 5.41) is 17.6. The van der Waals surface area contributed by atoms with Crippen molar-refractivity contribution in [3.63, 3.8) is 0 Å².